The minimum Gasteiger partial charge on any atom is -0.376 e. The summed E-state index contributed by atoms with van der Waals surface area (Å²) in [5.41, 5.74) is 7.64. The minimum atomic E-state index is -0.440. The van der Waals surface area contributed by atoms with Crippen molar-refractivity contribution in [3.05, 3.63) is 65.5 Å². The molecule has 29 heavy (non-hydrogen) atoms. The highest BCUT2D eigenvalue weighted by atomic mass is 32.2. The molecule has 0 saturated carbocycles. The summed E-state index contributed by atoms with van der Waals surface area (Å²) in [4.78, 5) is 11.2. The van der Waals surface area contributed by atoms with Gasteiger partial charge in [-0.05, 0) is 54.8 Å². The van der Waals surface area contributed by atoms with E-state index < -0.39 is 5.91 Å². The molecule has 0 aliphatic carbocycles. The smallest absolute Gasteiger partial charge is 0.248 e. The Balaban J connectivity index is 1.56. The fourth-order valence-corrected chi connectivity index (χ4v) is 4.18. The molecule has 3 aromatic rings. The molecule has 0 spiro atoms. The summed E-state index contributed by atoms with van der Waals surface area (Å²) in [6.45, 7) is 1.43. The molecule has 4 rings (SSSR count). The van der Waals surface area contributed by atoms with Gasteiger partial charge in [-0.2, -0.15) is 0 Å². The highest BCUT2D eigenvalue weighted by Crippen LogP contribution is 2.28. The van der Waals surface area contributed by atoms with Crippen LogP contribution in [0.5, 0.6) is 0 Å². The van der Waals surface area contributed by atoms with Gasteiger partial charge in [-0.15, -0.1) is 10.2 Å². The molecule has 2 aromatic carbocycles. The van der Waals surface area contributed by atoms with Gasteiger partial charge in [0.05, 0.1) is 12.6 Å². The molecule has 150 valence electrons. The molecule has 0 bridgehead atoms. The number of halogens is 1. The number of carbonyl (C=O) groups excluding carboxylic acids is 1. The molecule has 1 aliphatic rings. The quantitative estimate of drug-likeness (QED) is 0.599. The van der Waals surface area contributed by atoms with Crippen molar-refractivity contribution in [1.82, 2.24) is 14.8 Å². The molecule has 2 N–H and O–H groups in total. The van der Waals surface area contributed by atoms with Crippen LogP contribution in [-0.2, 0) is 17.0 Å². The van der Waals surface area contributed by atoms with Crippen LogP contribution in [0.25, 0.3) is 11.4 Å². The Morgan fingerprint density at radius 3 is 2.59 bits per heavy atom. The van der Waals surface area contributed by atoms with Crippen molar-refractivity contribution < 1.29 is 13.9 Å². The Morgan fingerprint density at radius 1 is 1.17 bits per heavy atom. The van der Waals surface area contributed by atoms with Gasteiger partial charge in [0.25, 0.3) is 0 Å². The van der Waals surface area contributed by atoms with Crippen LogP contribution in [0, 0.1) is 5.82 Å². The van der Waals surface area contributed by atoms with E-state index in [1.807, 2.05) is 16.7 Å². The second-order valence-corrected chi connectivity index (χ2v) is 7.85. The number of hydrogen-bond donors (Lipinski definition) is 1. The lowest BCUT2D eigenvalue weighted by atomic mass is 10.1. The third-order valence-corrected chi connectivity index (χ3v) is 5.87. The number of rotatable bonds is 7. The summed E-state index contributed by atoms with van der Waals surface area (Å²) >= 11 is 1.56. The zero-order valence-electron chi connectivity index (χ0n) is 15.8. The Kier molecular flexibility index (Phi) is 5.92. The van der Waals surface area contributed by atoms with Gasteiger partial charge >= 0.3 is 0 Å². The highest BCUT2D eigenvalue weighted by Gasteiger charge is 2.22. The molecular weight excluding hydrogens is 391 g/mol. The number of nitrogens with zero attached hydrogens (tertiary/aromatic N) is 3. The lowest BCUT2D eigenvalue weighted by molar-refractivity contribution is 0.0953. The van der Waals surface area contributed by atoms with E-state index in [0.717, 1.165) is 35.7 Å². The maximum atomic E-state index is 13.3. The van der Waals surface area contributed by atoms with Crippen molar-refractivity contribution in [3.63, 3.8) is 0 Å². The molecule has 1 aliphatic heterocycles. The maximum Gasteiger partial charge on any atom is 0.248 e. The van der Waals surface area contributed by atoms with Crippen molar-refractivity contribution in [2.45, 2.75) is 36.4 Å². The molecule has 1 unspecified atom stereocenters. The second-order valence-electron chi connectivity index (χ2n) is 6.91. The molecule has 1 atom stereocenters. The zero-order chi connectivity index (χ0) is 20.2. The lowest BCUT2D eigenvalue weighted by Crippen LogP contribution is -2.16. The van der Waals surface area contributed by atoms with Gasteiger partial charge in [0.15, 0.2) is 11.0 Å². The van der Waals surface area contributed by atoms with E-state index >= 15 is 0 Å². The Hall–Kier alpha value is -2.71. The predicted octanol–water partition coefficient (Wildman–Crippen LogP) is 3.65. The van der Waals surface area contributed by atoms with Crippen molar-refractivity contribution in [3.8, 4) is 11.4 Å². The van der Waals surface area contributed by atoms with Crippen LogP contribution in [-0.4, -0.2) is 33.4 Å². The summed E-state index contributed by atoms with van der Waals surface area (Å²) in [7, 11) is 0. The van der Waals surface area contributed by atoms with Crippen molar-refractivity contribution in [2.75, 3.05) is 6.61 Å². The predicted molar refractivity (Wildman–Crippen MR) is 109 cm³/mol. The van der Waals surface area contributed by atoms with Crippen LogP contribution in [0.3, 0.4) is 0 Å². The SMILES string of the molecule is NC(=O)c1ccc(CSc2nnc(-c3ccc(F)cc3)n2CC2CCCO2)cc1. The van der Waals surface area contributed by atoms with Crippen molar-refractivity contribution >= 4 is 17.7 Å². The molecule has 1 amide bonds. The van der Waals surface area contributed by atoms with Gasteiger partial charge in [-0.25, -0.2) is 4.39 Å². The maximum absolute atomic E-state index is 13.3. The van der Waals surface area contributed by atoms with E-state index in [2.05, 4.69) is 10.2 Å². The minimum absolute atomic E-state index is 0.124. The fraction of sp³-hybridized carbons (Fsp3) is 0.286. The molecule has 6 nitrogen and oxygen atoms in total. The van der Waals surface area contributed by atoms with E-state index in [1.165, 1.54) is 12.1 Å². The van der Waals surface area contributed by atoms with Crippen LogP contribution in [0.4, 0.5) is 4.39 Å². The highest BCUT2D eigenvalue weighted by molar-refractivity contribution is 7.98. The Morgan fingerprint density at radius 2 is 1.93 bits per heavy atom. The number of hydrogen-bond acceptors (Lipinski definition) is 5. The average molecular weight is 412 g/mol. The molecule has 2 heterocycles. The summed E-state index contributed by atoms with van der Waals surface area (Å²) in [5.74, 6) is 0.649. The van der Waals surface area contributed by atoms with Crippen LogP contribution >= 0.6 is 11.8 Å². The summed E-state index contributed by atoms with van der Waals surface area (Å²) in [6.07, 6.45) is 2.17. The number of aromatic nitrogens is 3. The van der Waals surface area contributed by atoms with Crippen molar-refractivity contribution in [1.29, 1.82) is 0 Å². The standard InChI is InChI=1S/C21H21FN4O2S/c22-17-9-7-16(8-10-17)20-24-25-21(26(20)12-18-2-1-11-28-18)29-13-14-3-5-15(6-4-14)19(23)27/h3-10,18H,1-2,11-13H2,(H2,23,27). The third kappa shape index (κ3) is 4.65. The largest absolute Gasteiger partial charge is 0.376 e. The van der Waals surface area contributed by atoms with Gasteiger partial charge in [0.1, 0.15) is 5.82 Å². The van der Waals surface area contributed by atoms with E-state index in [4.69, 9.17) is 10.5 Å². The van der Waals surface area contributed by atoms with Gasteiger partial charge < -0.3 is 10.5 Å². The van der Waals surface area contributed by atoms with Crippen LogP contribution in [0.1, 0.15) is 28.8 Å². The van der Waals surface area contributed by atoms with E-state index in [1.54, 1.807) is 36.0 Å². The van der Waals surface area contributed by atoms with Gasteiger partial charge in [0, 0.05) is 23.5 Å². The van der Waals surface area contributed by atoms with E-state index in [9.17, 15) is 9.18 Å². The first-order valence-electron chi connectivity index (χ1n) is 9.42. The molecular formula is C21H21FN4O2S. The van der Waals surface area contributed by atoms with E-state index in [-0.39, 0.29) is 11.9 Å². The number of thioether (sulfide) groups is 1. The third-order valence-electron chi connectivity index (χ3n) is 4.84. The number of benzene rings is 2. The number of nitrogens with two attached hydrogens (primary N) is 1. The first kappa shape index (κ1) is 19.6. The number of amides is 1. The van der Waals surface area contributed by atoms with Gasteiger partial charge in [0.2, 0.25) is 5.91 Å². The topological polar surface area (TPSA) is 83.0 Å². The Bertz CT molecular complexity index is 983. The van der Waals surface area contributed by atoms with Gasteiger partial charge in [-0.3, -0.25) is 9.36 Å². The Labute approximate surface area is 172 Å². The molecule has 8 heteroatoms. The van der Waals surface area contributed by atoms with Crippen molar-refractivity contribution in [2.24, 2.45) is 5.73 Å². The summed E-state index contributed by atoms with van der Waals surface area (Å²) in [6, 6.07) is 13.5. The van der Waals surface area contributed by atoms with E-state index in [0.29, 0.717) is 23.7 Å². The normalized spacial score (nSPS) is 16.2. The number of primary amides is 1. The fourth-order valence-electron chi connectivity index (χ4n) is 3.28. The summed E-state index contributed by atoms with van der Waals surface area (Å²) in [5, 5.41) is 9.51. The van der Waals surface area contributed by atoms with Crippen LogP contribution in [0.15, 0.2) is 53.7 Å². The molecule has 1 aromatic heterocycles. The number of ether oxygens (including phenoxy) is 1. The zero-order valence-corrected chi connectivity index (χ0v) is 16.6. The average Bonchev–Trinajstić information content (AvgIpc) is 3.38. The lowest BCUT2D eigenvalue weighted by Gasteiger charge is -2.15. The molecule has 1 fully saturated rings. The number of carbonyl (C=O) groups is 1. The summed E-state index contributed by atoms with van der Waals surface area (Å²) < 4.78 is 21.2. The monoisotopic (exact) mass is 412 g/mol. The first-order valence-corrected chi connectivity index (χ1v) is 10.4. The van der Waals surface area contributed by atoms with Crippen LogP contribution < -0.4 is 5.73 Å². The first-order chi connectivity index (χ1) is 14.1. The molecule has 0 radical (unpaired) electrons. The van der Waals surface area contributed by atoms with Gasteiger partial charge in [-0.1, -0.05) is 23.9 Å². The van der Waals surface area contributed by atoms with Crippen LogP contribution in [0.2, 0.25) is 0 Å². The molecule has 1 saturated heterocycles. The second kappa shape index (κ2) is 8.75.